The average molecular weight is 368 g/mol. The molecule has 4 rings (SSSR count). The minimum absolute atomic E-state index is 0.189. The molecule has 6 heteroatoms. The van der Waals surface area contributed by atoms with Crippen molar-refractivity contribution in [2.75, 3.05) is 5.01 Å². The van der Waals surface area contributed by atoms with Gasteiger partial charge >= 0.3 is 5.97 Å². The summed E-state index contributed by atoms with van der Waals surface area (Å²) in [5.41, 5.74) is 6.32. The molecule has 0 unspecified atom stereocenters. The highest BCUT2D eigenvalue weighted by atomic mass is 16.4. The highest BCUT2D eigenvalue weighted by Gasteiger charge is 2.25. The number of benzene rings is 2. The minimum Gasteiger partial charge on any atom is -0.478 e. The predicted molar refractivity (Wildman–Crippen MR) is 106 cm³/mol. The van der Waals surface area contributed by atoms with Gasteiger partial charge in [0.2, 0.25) is 0 Å². The number of rotatable bonds is 3. The Hall–Kier alpha value is -4.08. The molecule has 3 aromatic rings. The largest absolute Gasteiger partial charge is 0.478 e. The number of hydrazine groups is 2. The maximum atomic E-state index is 11.6. The van der Waals surface area contributed by atoms with E-state index in [1.54, 1.807) is 52.9 Å². The summed E-state index contributed by atoms with van der Waals surface area (Å²) < 4.78 is 0. The Labute approximate surface area is 162 Å². The van der Waals surface area contributed by atoms with E-state index < -0.39 is 5.97 Å². The van der Waals surface area contributed by atoms with E-state index in [-0.39, 0.29) is 5.56 Å². The summed E-state index contributed by atoms with van der Waals surface area (Å²) in [7, 11) is 0. The number of nitrogens with one attached hydrogen (secondary N) is 1. The van der Waals surface area contributed by atoms with E-state index in [4.69, 9.17) is 0 Å². The summed E-state index contributed by atoms with van der Waals surface area (Å²) in [6.45, 7) is 0. The smallest absolute Gasteiger partial charge is 0.337 e. The van der Waals surface area contributed by atoms with Crippen molar-refractivity contribution in [2.24, 2.45) is 0 Å². The minimum atomic E-state index is -0.998. The average Bonchev–Trinajstić information content (AvgIpc) is 3.18. The van der Waals surface area contributed by atoms with Crippen LogP contribution in [0.25, 0.3) is 5.70 Å². The third kappa shape index (κ3) is 3.56. The monoisotopic (exact) mass is 368 g/mol. The standard InChI is InChI=1S/C22H16N4O2/c27-22(28)19-10-4-5-11-20(19)26-16-21(18-9-6-13-23-15-18)25(24-26)14-12-17-7-2-1-3-8-17/h1-11,13,15-16,24H,(H,27,28). The van der Waals surface area contributed by atoms with E-state index in [2.05, 4.69) is 22.5 Å². The van der Waals surface area contributed by atoms with Crippen LogP contribution in [0.4, 0.5) is 5.69 Å². The second-order valence-electron chi connectivity index (χ2n) is 5.99. The van der Waals surface area contributed by atoms with Crippen LogP contribution in [0.5, 0.6) is 0 Å². The lowest BCUT2D eigenvalue weighted by molar-refractivity contribution is 0.0697. The molecule has 2 N–H and O–H groups in total. The van der Waals surface area contributed by atoms with Crippen LogP contribution in [-0.4, -0.2) is 21.1 Å². The van der Waals surface area contributed by atoms with Crippen LogP contribution in [0.1, 0.15) is 21.5 Å². The molecule has 0 radical (unpaired) electrons. The van der Waals surface area contributed by atoms with Crippen molar-refractivity contribution in [1.29, 1.82) is 0 Å². The van der Waals surface area contributed by atoms with Gasteiger partial charge < -0.3 is 5.11 Å². The second kappa shape index (κ2) is 7.66. The summed E-state index contributed by atoms with van der Waals surface area (Å²) in [4.78, 5) is 15.8. The van der Waals surface area contributed by atoms with E-state index >= 15 is 0 Å². The molecular weight excluding hydrogens is 352 g/mol. The maximum absolute atomic E-state index is 11.6. The van der Waals surface area contributed by atoms with Crippen molar-refractivity contribution in [1.82, 2.24) is 15.5 Å². The Morgan fingerprint density at radius 1 is 1.00 bits per heavy atom. The number of carboxylic acids is 1. The molecule has 136 valence electrons. The van der Waals surface area contributed by atoms with Gasteiger partial charge in [0.25, 0.3) is 0 Å². The molecule has 28 heavy (non-hydrogen) atoms. The van der Waals surface area contributed by atoms with E-state index in [0.717, 1.165) is 16.8 Å². The Bertz CT molecular complexity index is 1090. The zero-order valence-electron chi connectivity index (χ0n) is 14.8. The first-order valence-corrected chi connectivity index (χ1v) is 8.59. The number of aromatic carboxylic acids is 1. The molecule has 1 aromatic heterocycles. The van der Waals surface area contributed by atoms with Crippen LogP contribution < -0.4 is 10.5 Å². The summed E-state index contributed by atoms with van der Waals surface area (Å²) in [6.07, 6.45) is 5.24. The van der Waals surface area contributed by atoms with E-state index in [0.29, 0.717) is 5.69 Å². The summed E-state index contributed by atoms with van der Waals surface area (Å²) in [6, 6.07) is 23.3. The first-order chi connectivity index (χ1) is 13.7. The first-order valence-electron chi connectivity index (χ1n) is 8.59. The number of pyridine rings is 1. The molecule has 2 aromatic carbocycles. The molecule has 6 nitrogen and oxygen atoms in total. The third-order valence-corrected chi connectivity index (χ3v) is 4.14. The van der Waals surface area contributed by atoms with Crippen LogP contribution in [-0.2, 0) is 0 Å². The fourth-order valence-corrected chi connectivity index (χ4v) is 2.80. The molecule has 0 aliphatic carbocycles. The molecule has 1 aliphatic heterocycles. The Morgan fingerprint density at radius 2 is 1.79 bits per heavy atom. The molecule has 0 bridgehead atoms. The van der Waals surface area contributed by atoms with Crippen molar-refractivity contribution >= 4 is 17.4 Å². The highest BCUT2D eigenvalue weighted by molar-refractivity contribution is 5.95. The maximum Gasteiger partial charge on any atom is 0.337 e. The van der Waals surface area contributed by atoms with Crippen molar-refractivity contribution in [2.45, 2.75) is 0 Å². The van der Waals surface area contributed by atoms with Gasteiger partial charge in [-0.15, -0.1) is 5.53 Å². The molecule has 1 aliphatic rings. The lowest BCUT2D eigenvalue weighted by atomic mass is 10.1. The number of carbonyl (C=O) groups is 1. The number of carboxylic acid groups (broad SMARTS) is 1. The zero-order chi connectivity index (χ0) is 19.3. The van der Waals surface area contributed by atoms with Crippen molar-refractivity contribution < 1.29 is 9.90 Å². The van der Waals surface area contributed by atoms with Gasteiger partial charge in [-0.25, -0.2) is 9.80 Å². The van der Waals surface area contributed by atoms with Gasteiger partial charge in [-0.2, -0.15) is 0 Å². The van der Waals surface area contributed by atoms with Gasteiger partial charge in [-0.3, -0.25) is 9.99 Å². The molecule has 0 saturated heterocycles. The third-order valence-electron chi connectivity index (χ3n) is 4.14. The quantitative estimate of drug-likeness (QED) is 0.691. The number of aromatic nitrogens is 1. The molecular formula is C22H16N4O2. The number of para-hydroxylation sites is 1. The van der Waals surface area contributed by atoms with Crippen molar-refractivity contribution in [3.05, 3.63) is 102 Å². The van der Waals surface area contributed by atoms with Crippen molar-refractivity contribution in [3.8, 4) is 12.0 Å². The number of hydrogen-bond donors (Lipinski definition) is 2. The highest BCUT2D eigenvalue weighted by Crippen LogP contribution is 2.28. The first kappa shape index (κ1) is 17.3. The van der Waals surface area contributed by atoms with Crippen LogP contribution in [0.2, 0.25) is 0 Å². The van der Waals surface area contributed by atoms with Gasteiger partial charge in [-0.05, 0) is 42.3 Å². The Morgan fingerprint density at radius 3 is 2.54 bits per heavy atom. The lowest BCUT2D eigenvalue weighted by Gasteiger charge is -2.20. The number of anilines is 1. The van der Waals surface area contributed by atoms with E-state index in [9.17, 15) is 9.90 Å². The molecule has 0 fully saturated rings. The molecule has 0 amide bonds. The fraction of sp³-hybridized carbons (Fsp3) is 0. The van der Waals surface area contributed by atoms with Gasteiger partial charge in [0.05, 0.1) is 23.1 Å². The van der Waals surface area contributed by atoms with E-state index in [1.165, 1.54) is 0 Å². The van der Waals surface area contributed by atoms with Gasteiger partial charge in [-0.1, -0.05) is 30.3 Å². The van der Waals surface area contributed by atoms with Crippen LogP contribution in [0.3, 0.4) is 0 Å². The van der Waals surface area contributed by atoms with E-state index in [1.807, 2.05) is 42.5 Å². The molecule has 2 heterocycles. The Kier molecular flexibility index (Phi) is 4.74. The number of nitrogens with zero attached hydrogens (tertiary/aromatic N) is 3. The topological polar surface area (TPSA) is 68.7 Å². The predicted octanol–water partition coefficient (Wildman–Crippen LogP) is 3.33. The summed E-state index contributed by atoms with van der Waals surface area (Å²) in [5, 5.41) is 12.8. The second-order valence-corrected chi connectivity index (χ2v) is 5.99. The summed E-state index contributed by atoms with van der Waals surface area (Å²) in [5.74, 6) is 2.11. The molecule has 0 saturated carbocycles. The Balaban J connectivity index is 1.73. The number of hydrogen-bond acceptors (Lipinski definition) is 5. The van der Waals surface area contributed by atoms with Crippen LogP contribution >= 0.6 is 0 Å². The van der Waals surface area contributed by atoms with Gasteiger partial charge in [0.1, 0.15) is 0 Å². The summed E-state index contributed by atoms with van der Waals surface area (Å²) >= 11 is 0. The van der Waals surface area contributed by atoms with Crippen LogP contribution in [0, 0.1) is 12.0 Å². The normalized spacial score (nSPS) is 12.9. The fourth-order valence-electron chi connectivity index (χ4n) is 2.80. The van der Waals surface area contributed by atoms with Crippen LogP contribution in [0.15, 0.2) is 85.3 Å². The zero-order valence-corrected chi connectivity index (χ0v) is 14.8. The SMILES string of the molecule is O=C(O)c1ccccc1N1C=C(c2cccnc2)N(C#Cc2ccccc2)N1. The lowest BCUT2D eigenvalue weighted by Crippen LogP contribution is -2.38. The molecule has 0 atom stereocenters. The van der Waals surface area contributed by atoms with Gasteiger partial charge in [0.15, 0.2) is 0 Å². The van der Waals surface area contributed by atoms with Crippen molar-refractivity contribution in [3.63, 3.8) is 0 Å². The molecule has 0 spiro atoms. The van der Waals surface area contributed by atoms with Gasteiger partial charge in [0, 0.05) is 29.6 Å².